The molecule has 0 unspecified atom stereocenters. The normalized spacial score (nSPS) is 10.9. The number of nitrogens with zero attached hydrogens (tertiary/aromatic N) is 2. The number of thiophene rings is 1. The van der Waals surface area contributed by atoms with Crippen molar-refractivity contribution in [1.29, 1.82) is 0 Å². The van der Waals surface area contributed by atoms with Crippen molar-refractivity contribution in [3.8, 4) is 0 Å². The van der Waals surface area contributed by atoms with Gasteiger partial charge in [-0.25, -0.2) is 9.97 Å². The Morgan fingerprint density at radius 2 is 2.00 bits per heavy atom. The Balaban J connectivity index is 1.68. The van der Waals surface area contributed by atoms with Crippen molar-refractivity contribution >= 4 is 27.4 Å². The lowest BCUT2D eigenvalue weighted by molar-refractivity contribution is 0.184. The van der Waals surface area contributed by atoms with E-state index in [1.807, 2.05) is 11.4 Å². The maximum Gasteiger partial charge on any atom is 0.138 e. The fourth-order valence-electron chi connectivity index (χ4n) is 2.34. The van der Waals surface area contributed by atoms with Crippen LogP contribution >= 0.6 is 11.3 Å². The Kier molecular flexibility index (Phi) is 4.43. The first kappa shape index (κ1) is 14.0. The zero-order valence-corrected chi connectivity index (χ0v) is 12.7. The maximum atomic E-state index is 5.24. The van der Waals surface area contributed by atoms with E-state index in [-0.39, 0.29) is 0 Å². The van der Waals surface area contributed by atoms with Gasteiger partial charge in [-0.2, -0.15) is 0 Å². The summed E-state index contributed by atoms with van der Waals surface area (Å²) in [5.41, 5.74) is 2.55. The van der Waals surface area contributed by atoms with Crippen molar-refractivity contribution in [1.82, 2.24) is 9.97 Å². The minimum absolute atomic E-state index is 0.651. The predicted octanol–water partition coefficient (Wildman–Crippen LogP) is 3.49. The molecule has 0 aliphatic carbocycles. The van der Waals surface area contributed by atoms with E-state index < -0.39 is 0 Å². The van der Waals surface area contributed by atoms with Crippen LogP contribution in [0.3, 0.4) is 0 Å². The van der Waals surface area contributed by atoms with Gasteiger partial charge in [0.2, 0.25) is 0 Å². The van der Waals surface area contributed by atoms with Crippen molar-refractivity contribution in [2.45, 2.75) is 13.0 Å². The summed E-state index contributed by atoms with van der Waals surface area (Å²) >= 11 is 1.63. The van der Waals surface area contributed by atoms with Gasteiger partial charge in [0.1, 0.15) is 17.0 Å². The van der Waals surface area contributed by atoms with E-state index in [2.05, 4.69) is 39.6 Å². The van der Waals surface area contributed by atoms with Crippen LogP contribution in [0, 0.1) is 0 Å². The lowest BCUT2D eigenvalue weighted by Gasteiger charge is -2.10. The molecule has 5 heteroatoms. The highest BCUT2D eigenvalue weighted by Gasteiger charge is 2.05. The number of ether oxygens (including phenoxy) is 1. The molecule has 1 N–H and O–H groups in total. The van der Waals surface area contributed by atoms with Crippen molar-refractivity contribution in [3.05, 3.63) is 53.2 Å². The zero-order chi connectivity index (χ0) is 14.5. The predicted molar refractivity (Wildman–Crippen MR) is 86.8 cm³/mol. The third-order valence-corrected chi connectivity index (χ3v) is 4.19. The van der Waals surface area contributed by atoms with E-state index in [4.69, 9.17) is 4.74 Å². The van der Waals surface area contributed by atoms with Crippen LogP contribution in [0.2, 0.25) is 0 Å². The Hall–Kier alpha value is -1.98. The second-order valence-electron chi connectivity index (χ2n) is 4.74. The molecule has 2 heterocycles. The molecule has 1 aromatic carbocycles. The monoisotopic (exact) mass is 299 g/mol. The minimum Gasteiger partial charge on any atom is -0.380 e. The molecule has 0 fully saturated rings. The van der Waals surface area contributed by atoms with Gasteiger partial charge in [-0.15, -0.1) is 11.3 Å². The number of fused-ring (bicyclic) bond motifs is 1. The van der Waals surface area contributed by atoms with Gasteiger partial charge in [0.25, 0.3) is 0 Å². The molecule has 108 valence electrons. The Labute approximate surface area is 127 Å². The SMILES string of the molecule is COCc1ccccc1CCNc1ncnc2sccc12. The molecule has 0 aliphatic rings. The van der Waals surface area contributed by atoms with Crippen LogP contribution in [-0.4, -0.2) is 23.6 Å². The van der Waals surface area contributed by atoms with Crippen LogP contribution in [0.1, 0.15) is 11.1 Å². The molecule has 0 saturated heterocycles. The number of aromatic nitrogens is 2. The Morgan fingerprint density at radius 3 is 2.86 bits per heavy atom. The van der Waals surface area contributed by atoms with Gasteiger partial charge in [-0.05, 0) is 29.0 Å². The molecule has 0 amide bonds. The maximum absolute atomic E-state index is 5.24. The summed E-state index contributed by atoms with van der Waals surface area (Å²) in [7, 11) is 1.73. The lowest BCUT2D eigenvalue weighted by Crippen LogP contribution is -2.08. The van der Waals surface area contributed by atoms with E-state index in [0.717, 1.165) is 29.0 Å². The van der Waals surface area contributed by atoms with E-state index in [0.29, 0.717) is 6.61 Å². The number of rotatable bonds is 6. The van der Waals surface area contributed by atoms with E-state index in [9.17, 15) is 0 Å². The Bertz CT molecular complexity index is 726. The summed E-state index contributed by atoms with van der Waals surface area (Å²) in [6.07, 6.45) is 2.55. The number of hydrogen-bond acceptors (Lipinski definition) is 5. The first-order valence-electron chi connectivity index (χ1n) is 6.86. The molecular formula is C16H17N3OS. The summed E-state index contributed by atoms with van der Waals surface area (Å²) in [4.78, 5) is 9.61. The second kappa shape index (κ2) is 6.65. The standard InChI is InChI=1S/C16H17N3OS/c1-20-10-13-5-3-2-4-12(13)6-8-17-15-14-7-9-21-16(14)19-11-18-15/h2-5,7,9,11H,6,8,10H2,1H3,(H,17,18,19). The Morgan fingerprint density at radius 1 is 1.14 bits per heavy atom. The lowest BCUT2D eigenvalue weighted by atomic mass is 10.1. The highest BCUT2D eigenvalue weighted by molar-refractivity contribution is 7.16. The van der Waals surface area contributed by atoms with Crippen molar-refractivity contribution in [2.24, 2.45) is 0 Å². The number of benzene rings is 1. The molecule has 0 atom stereocenters. The first-order chi connectivity index (χ1) is 10.4. The van der Waals surface area contributed by atoms with E-state index >= 15 is 0 Å². The number of hydrogen-bond donors (Lipinski definition) is 1. The van der Waals surface area contributed by atoms with Gasteiger partial charge in [0.05, 0.1) is 12.0 Å². The second-order valence-corrected chi connectivity index (χ2v) is 5.63. The fraction of sp³-hybridized carbons (Fsp3) is 0.250. The summed E-state index contributed by atoms with van der Waals surface area (Å²) < 4.78 is 5.24. The summed E-state index contributed by atoms with van der Waals surface area (Å²) in [6, 6.07) is 10.4. The summed E-state index contributed by atoms with van der Waals surface area (Å²) in [6.45, 7) is 1.49. The minimum atomic E-state index is 0.651. The van der Waals surface area contributed by atoms with Crippen molar-refractivity contribution < 1.29 is 4.74 Å². The molecule has 0 saturated carbocycles. The average molecular weight is 299 g/mol. The van der Waals surface area contributed by atoms with E-state index in [1.165, 1.54) is 11.1 Å². The zero-order valence-electron chi connectivity index (χ0n) is 11.9. The van der Waals surface area contributed by atoms with Crippen LogP contribution < -0.4 is 5.32 Å². The molecule has 0 bridgehead atoms. The molecule has 3 rings (SSSR count). The number of methoxy groups -OCH3 is 1. The summed E-state index contributed by atoms with van der Waals surface area (Å²) in [5.74, 6) is 0.908. The first-order valence-corrected chi connectivity index (χ1v) is 7.74. The third-order valence-electron chi connectivity index (χ3n) is 3.37. The van der Waals surface area contributed by atoms with Crippen LogP contribution in [0.4, 0.5) is 5.82 Å². The topological polar surface area (TPSA) is 47.0 Å². The molecule has 0 spiro atoms. The highest BCUT2D eigenvalue weighted by Crippen LogP contribution is 2.23. The molecular weight excluding hydrogens is 282 g/mol. The van der Waals surface area contributed by atoms with Gasteiger partial charge in [-0.1, -0.05) is 24.3 Å². The largest absolute Gasteiger partial charge is 0.380 e. The van der Waals surface area contributed by atoms with Crippen LogP contribution in [0.5, 0.6) is 0 Å². The quantitative estimate of drug-likeness (QED) is 0.757. The molecule has 3 aromatic rings. The third kappa shape index (κ3) is 3.20. The van der Waals surface area contributed by atoms with Crippen LogP contribution in [0.15, 0.2) is 42.0 Å². The van der Waals surface area contributed by atoms with Gasteiger partial charge < -0.3 is 10.1 Å². The smallest absolute Gasteiger partial charge is 0.138 e. The number of nitrogens with one attached hydrogen (secondary N) is 1. The van der Waals surface area contributed by atoms with Gasteiger partial charge in [0.15, 0.2) is 0 Å². The van der Waals surface area contributed by atoms with Crippen molar-refractivity contribution in [3.63, 3.8) is 0 Å². The van der Waals surface area contributed by atoms with Gasteiger partial charge >= 0.3 is 0 Å². The molecule has 2 aromatic heterocycles. The molecule has 0 aliphatic heterocycles. The van der Waals surface area contributed by atoms with Gasteiger partial charge in [-0.3, -0.25) is 0 Å². The van der Waals surface area contributed by atoms with Crippen LogP contribution in [-0.2, 0) is 17.8 Å². The van der Waals surface area contributed by atoms with E-state index in [1.54, 1.807) is 24.8 Å². The fourth-order valence-corrected chi connectivity index (χ4v) is 3.08. The molecule has 4 nitrogen and oxygen atoms in total. The van der Waals surface area contributed by atoms with Crippen LogP contribution in [0.25, 0.3) is 10.2 Å². The average Bonchev–Trinajstić information content (AvgIpc) is 2.99. The number of anilines is 1. The molecule has 21 heavy (non-hydrogen) atoms. The van der Waals surface area contributed by atoms with Crippen molar-refractivity contribution in [2.75, 3.05) is 19.0 Å². The highest BCUT2D eigenvalue weighted by atomic mass is 32.1. The summed E-state index contributed by atoms with van der Waals surface area (Å²) in [5, 5.41) is 6.54. The van der Waals surface area contributed by atoms with Gasteiger partial charge in [0, 0.05) is 13.7 Å². The molecule has 0 radical (unpaired) electrons.